The van der Waals surface area contributed by atoms with Crippen molar-refractivity contribution >= 4 is 5.78 Å². The van der Waals surface area contributed by atoms with Gasteiger partial charge in [0.1, 0.15) is 5.78 Å². The molecule has 2 unspecified atom stereocenters. The van der Waals surface area contributed by atoms with Gasteiger partial charge in [0.2, 0.25) is 0 Å². The molecule has 0 aromatic carbocycles. The predicted molar refractivity (Wildman–Crippen MR) is 64.0 cm³/mol. The Kier molecular flexibility index (Phi) is 5.30. The number of carbonyl (C=O) groups is 1. The Balaban J connectivity index is 2.46. The summed E-state index contributed by atoms with van der Waals surface area (Å²) in [4.78, 5) is 14.2. The molecule has 0 radical (unpaired) electrons. The third-order valence-electron chi connectivity index (χ3n) is 3.76. The van der Waals surface area contributed by atoms with Crippen LogP contribution in [0.5, 0.6) is 0 Å². The molecule has 1 saturated carbocycles. The maximum absolute atomic E-state index is 11.7. The highest BCUT2D eigenvalue weighted by Crippen LogP contribution is 2.22. The van der Waals surface area contributed by atoms with Crippen LogP contribution in [0.3, 0.4) is 0 Å². The van der Waals surface area contributed by atoms with E-state index < -0.39 is 0 Å². The quantitative estimate of drug-likeness (QED) is 0.697. The fraction of sp³-hybridized carbons (Fsp3) is 0.923. The average molecular weight is 211 g/mol. The zero-order valence-corrected chi connectivity index (χ0v) is 10.5. The Morgan fingerprint density at radius 2 is 2.13 bits per heavy atom. The Morgan fingerprint density at radius 1 is 1.40 bits per heavy atom. The molecular weight excluding hydrogens is 186 g/mol. The largest absolute Gasteiger partial charge is 0.300 e. The zero-order chi connectivity index (χ0) is 11.3. The highest BCUT2D eigenvalue weighted by atomic mass is 16.1. The lowest BCUT2D eigenvalue weighted by molar-refractivity contribution is -0.125. The number of carbonyl (C=O) groups excluding carboxylic acids is 1. The number of hydrogen-bond acceptors (Lipinski definition) is 2. The van der Waals surface area contributed by atoms with Crippen molar-refractivity contribution < 1.29 is 4.79 Å². The molecule has 2 atom stereocenters. The highest BCUT2D eigenvalue weighted by Gasteiger charge is 2.25. The molecule has 0 aromatic rings. The number of ketones is 1. The second kappa shape index (κ2) is 6.26. The van der Waals surface area contributed by atoms with E-state index in [4.69, 9.17) is 0 Å². The van der Waals surface area contributed by atoms with Crippen LogP contribution in [-0.4, -0.2) is 29.8 Å². The van der Waals surface area contributed by atoms with Gasteiger partial charge in [-0.1, -0.05) is 20.3 Å². The third kappa shape index (κ3) is 3.60. The molecule has 1 fully saturated rings. The lowest BCUT2D eigenvalue weighted by Gasteiger charge is -2.32. The predicted octanol–water partition coefficient (Wildman–Crippen LogP) is 2.87. The van der Waals surface area contributed by atoms with E-state index in [0.29, 0.717) is 17.7 Å². The van der Waals surface area contributed by atoms with Crippen LogP contribution in [0.15, 0.2) is 0 Å². The summed E-state index contributed by atoms with van der Waals surface area (Å²) in [6.07, 6.45) is 5.47. The van der Waals surface area contributed by atoms with Gasteiger partial charge in [-0.25, -0.2) is 0 Å². The summed E-state index contributed by atoms with van der Waals surface area (Å²) < 4.78 is 0. The first kappa shape index (κ1) is 12.7. The summed E-state index contributed by atoms with van der Waals surface area (Å²) in [5, 5.41) is 0. The van der Waals surface area contributed by atoms with Gasteiger partial charge < -0.3 is 4.90 Å². The molecule has 2 heteroatoms. The monoisotopic (exact) mass is 211 g/mol. The minimum atomic E-state index is 0.327. The number of rotatable bonds is 5. The summed E-state index contributed by atoms with van der Waals surface area (Å²) >= 11 is 0. The molecule has 1 aliphatic carbocycles. The average Bonchev–Trinajstić information content (AvgIpc) is 2.27. The van der Waals surface area contributed by atoms with Crippen molar-refractivity contribution in [1.29, 1.82) is 0 Å². The highest BCUT2D eigenvalue weighted by molar-refractivity contribution is 5.81. The van der Waals surface area contributed by atoms with Crippen molar-refractivity contribution in [3.05, 3.63) is 0 Å². The molecule has 0 heterocycles. The molecular formula is C13H25NO. The Labute approximate surface area is 94.0 Å². The van der Waals surface area contributed by atoms with Gasteiger partial charge in [-0.05, 0) is 32.7 Å². The van der Waals surface area contributed by atoms with Crippen LogP contribution in [0.4, 0.5) is 0 Å². The molecule has 0 N–H and O–H groups in total. The zero-order valence-electron chi connectivity index (χ0n) is 10.5. The molecule has 2 nitrogen and oxygen atoms in total. The van der Waals surface area contributed by atoms with E-state index in [-0.39, 0.29) is 0 Å². The van der Waals surface area contributed by atoms with Gasteiger partial charge in [0.05, 0.1) is 0 Å². The number of Topliss-reactive ketones (excluding diaryl/α,β-unsaturated/α-hetero) is 1. The molecule has 0 bridgehead atoms. The van der Waals surface area contributed by atoms with Crippen LogP contribution in [0.25, 0.3) is 0 Å². The van der Waals surface area contributed by atoms with Crippen molar-refractivity contribution in [2.24, 2.45) is 5.92 Å². The van der Waals surface area contributed by atoms with Crippen LogP contribution in [-0.2, 0) is 4.79 Å². The first-order valence-corrected chi connectivity index (χ1v) is 6.45. The van der Waals surface area contributed by atoms with E-state index in [1.165, 1.54) is 12.8 Å². The van der Waals surface area contributed by atoms with Crippen LogP contribution in [0.2, 0.25) is 0 Å². The maximum atomic E-state index is 11.7. The summed E-state index contributed by atoms with van der Waals surface area (Å²) in [7, 11) is 0. The first-order valence-electron chi connectivity index (χ1n) is 6.45. The third-order valence-corrected chi connectivity index (χ3v) is 3.76. The lowest BCUT2D eigenvalue weighted by atomic mass is 9.87. The summed E-state index contributed by atoms with van der Waals surface area (Å²) in [6, 6.07) is 0.615. The molecule has 0 saturated heterocycles. The second-order valence-electron chi connectivity index (χ2n) is 4.75. The lowest BCUT2D eigenvalue weighted by Crippen LogP contribution is -2.39. The van der Waals surface area contributed by atoms with Crippen LogP contribution in [0.1, 0.15) is 52.9 Å². The fourth-order valence-corrected chi connectivity index (χ4v) is 2.41. The molecule has 0 aromatic heterocycles. The van der Waals surface area contributed by atoms with Crippen LogP contribution < -0.4 is 0 Å². The van der Waals surface area contributed by atoms with Gasteiger partial charge in [-0.15, -0.1) is 0 Å². The minimum absolute atomic E-state index is 0.327. The van der Waals surface area contributed by atoms with E-state index in [1.54, 1.807) is 0 Å². The van der Waals surface area contributed by atoms with Gasteiger partial charge in [-0.3, -0.25) is 4.79 Å². The van der Waals surface area contributed by atoms with Crippen molar-refractivity contribution in [3.8, 4) is 0 Å². The van der Waals surface area contributed by atoms with E-state index >= 15 is 0 Å². The standard InChI is InChI=1S/C13H25NO/c1-4-11(3)14(5-2)10-12-8-6-7-9-13(12)15/h11-12H,4-10H2,1-3H3. The van der Waals surface area contributed by atoms with E-state index in [2.05, 4.69) is 25.7 Å². The van der Waals surface area contributed by atoms with Gasteiger partial charge in [-0.2, -0.15) is 0 Å². The molecule has 1 aliphatic rings. The normalized spacial score (nSPS) is 24.5. The van der Waals surface area contributed by atoms with Crippen LogP contribution in [0, 0.1) is 5.92 Å². The Hall–Kier alpha value is -0.370. The minimum Gasteiger partial charge on any atom is -0.300 e. The Bertz CT molecular complexity index is 203. The van der Waals surface area contributed by atoms with E-state index in [9.17, 15) is 4.79 Å². The topological polar surface area (TPSA) is 20.3 Å². The molecule has 0 aliphatic heterocycles. The smallest absolute Gasteiger partial charge is 0.137 e. The SMILES string of the molecule is CCC(C)N(CC)CC1CCCCC1=O. The molecule has 0 amide bonds. The van der Waals surface area contributed by atoms with Gasteiger partial charge in [0.25, 0.3) is 0 Å². The molecule has 15 heavy (non-hydrogen) atoms. The van der Waals surface area contributed by atoms with Gasteiger partial charge in [0, 0.05) is 24.9 Å². The molecule has 88 valence electrons. The van der Waals surface area contributed by atoms with Gasteiger partial charge >= 0.3 is 0 Å². The number of nitrogens with zero attached hydrogens (tertiary/aromatic N) is 1. The maximum Gasteiger partial charge on any atom is 0.137 e. The van der Waals surface area contributed by atoms with E-state index in [0.717, 1.165) is 32.4 Å². The second-order valence-corrected chi connectivity index (χ2v) is 4.75. The van der Waals surface area contributed by atoms with Crippen LogP contribution >= 0.6 is 0 Å². The number of hydrogen-bond donors (Lipinski definition) is 0. The molecule has 0 spiro atoms. The summed E-state index contributed by atoms with van der Waals surface area (Å²) in [5.41, 5.74) is 0. The van der Waals surface area contributed by atoms with Crippen molar-refractivity contribution in [1.82, 2.24) is 4.90 Å². The van der Waals surface area contributed by atoms with E-state index in [1.807, 2.05) is 0 Å². The molecule has 1 rings (SSSR count). The Morgan fingerprint density at radius 3 is 2.67 bits per heavy atom. The van der Waals surface area contributed by atoms with Crippen molar-refractivity contribution in [3.63, 3.8) is 0 Å². The first-order chi connectivity index (χ1) is 7.19. The fourth-order valence-electron chi connectivity index (χ4n) is 2.41. The van der Waals surface area contributed by atoms with Crippen molar-refractivity contribution in [2.75, 3.05) is 13.1 Å². The van der Waals surface area contributed by atoms with Gasteiger partial charge in [0.15, 0.2) is 0 Å². The summed E-state index contributed by atoms with van der Waals surface area (Å²) in [6.45, 7) is 8.73. The summed E-state index contributed by atoms with van der Waals surface area (Å²) in [5.74, 6) is 0.829. The van der Waals surface area contributed by atoms with Crippen molar-refractivity contribution in [2.45, 2.75) is 58.9 Å².